The van der Waals surface area contributed by atoms with E-state index in [1.807, 2.05) is 18.4 Å². The van der Waals surface area contributed by atoms with Gasteiger partial charge in [0.1, 0.15) is 0 Å². The Bertz CT molecular complexity index is 677. The first-order valence-electron chi connectivity index (χ1n) is 5.21. The minimum atomic E-state index is -3.40. The van der Waals surface area contributed by atoms with Crippen LogP contribution in [0.2, 0.25) is 0 Å². The number of nitrogen functional groups attached to an aromatic ring is 1. The molecule has 0 unspecified atom stereocenters. The van der Waals surface area contributed by atoms with Crippen LogP contribution >= 0.6 is 27.3 Å². The molecule has 0 atom stereocenters. The van der Waals surface area contributed by atoms with Crippen molar-refractivity contribution >= 4 is 42.8 Å². The third kappa shape index (κ3) is 2.76. The molecule has 2 rings (SSSR count). The van der Waals surface area contributed by atoms with E-state index in [1.54, 1.807) is 18.2 Å². The quantitative estimate of drug-likeness (QED) is 0.867. The molecule has 18 heavy (non-hydrogen) atoms. The van der Waals surface area contributed by atoms with Gasteiger partial charge >= 0.3 is 0 Å². The lowest BCUT2D eigenvalue weighted by Gasteiger charge is -2.07. The van der Waals surface area contributed by atoms with Gasteiger partial charge in [0.2, 0.25) is 0 Å². The van der Waals surface area contributed by atoms with E-state index < -0.39 is 9.84 Å². The minimum absolute atomic E-state index is 0.0293. The summed E-state index contributed by atoms with van der Waals surface area (Å²) in [6.45, 7) is 1.88. The van der Waals surface area contributed by atoms with Crippen LogP contribution in [0.1, 0.15) is 10.4 Å². The maximum absolute atomic E-state index is 12.3. The summed E-state index contributed by atoms with van der Waals surface area (Å²) in [7, 11) is -3.40. The van der Waals surface area contributed by atoms with E-state index in [9.17, 15) is 8.42 Å². The average Bonchev–Trinajstić information content (AvgIpc) is 2.63. The van der Waals surface area contributed by atoms with Crippen molar-refractivity contribution in [3.8, 4) is 0 Å². The van der Waals surface area contributed by atoms with Crippen molar-refractivity contribution in [1.29, 1.82) is 0 Å². The first-order valence-corrected chi connectivity index (χ1v) is 8.53. The lowest BCUT2D eigenvalue weighted by Crippen LogP contribution is -2.07. The van der Waals surface area contributed by atoms with Crippen molar-refractivity contribution in [2.24, 2.45) is 0 Å². The van der Waals surface area contributed by atoms with Crippen LogP contribution in [0.5, 0.6) is 0 Å². The largest absolute Gasteiger partial charge is 0.398 e. The summed E-state index contributed by atoms with van der Waals surface area (Å²) in [6.07, 6.45) is 0. The van der Waals surface area contributed by atoms with Crippen LogP contribution in [0, 0.1) is 6.92 Å². The molecule has 0 spiro atoms. The molecule has 1 aromatic heterocycles. The number of nitrogens with two attached hydrogens (primary N) is 1. The molecule has 2 N–H and O–H groups in total. The molecule has 0 aliphatic rings. The Labute approximate surface area is 119 Å². The first kappa shape index (κ1) is 13.6. The Morgan fingerprint density at radius 1 is 1.33 bits per heavy atom. The monoisotopic (exact) mass is 345 g/mol. The van der Waals surface area contributed by atoms with Gasteiger partial charge in [0, 0.05) is 9.35 Å². The summed E-state index contributed by atoms with van der Waals surface area (Å²) in [5.74, 6) is -0.0293. The number of hydrogen-bond donors (Lipinski definition) is 1. The van der Waals surface area contributed by atoms with Crippen LogP contribution in [-0.4, -0.2) is 8.42 Å². The Kier molecular flexibility index (Phi) is 3.79. The Morgan fingerprint density at radius 3 is 2.61 bits per heavy atom. The molecule has 0 radical (unpaired) electrons. The fourth-order valence-corrected chi connectivity index (χ4v) is 5.18. The summed E-state index contributed by atoms with van der Waals surface area (Å²) in [6, 6.07) is 6.85. The Balaban J connectivity index is 2.40. The molecule has 0 amide bonds. The van der Waals surface area contributed by atoms with Crippen LogP contribution in [0.4, 0.5) is 5.69 Å². The molecule has 0 fully saturated rings. The van der Waals surface area contributed by atoms with Crippen LogP contribution < -0.4 is 5.73 Å². The molecule has 96 valence electrons. The van der Waals surface area contributed by atoms with Gasteiger partial charge in [-0.2, -0.15) is 0 Å². The number of anilines is 1. The van der Waals surface area contributed by atoms with Gasteiger partial charge in [0.05, 0.1) is 16.3 Å². The van der Waals surface area contributed by atoms with Crippen LogP contribution in [0.3, 0.4) is 0 Å². The molecular formula is C12H12BrNO2S2. The highest BCUT2D eigenvalue weighted by Gasteiger charge is 2.20. The molecule has 6 heteroatoms. The summed E-state index contributed by atoms with van der Waals surface area (Å²) in [4.78, 5) is 0.989. The van der Waals surface area contributed by atoms with Gasteiger partial charge in [-0.3, -0.25) is 0 Å². The smallest absolute Gasteiger partial charge is 0.185 e. The predicted molar refractivity (Wildman–Crippen MR) is 78.5 cm³/mol. The van der Waals surface area contributed by atoms with E-state index in [0.29, 0.717) is 5.69 Å². The number of rotatable bonds is 3. The summed E-state index contributed by atoms with van der Waals surface area (Å²) >= 11 is 4.75. The minimum Gasteiger partial charge on any atom is -0.398 e. The SMILES string of the molecule is Cc1ccc(S(=O)(=O)Cc2sccc2Br)c(N)c1. The van der Waals surface area contributed by atoms with E-state index in [1.165, 1.54) is 11.3 Å². The standard InChI is InChI=1S/C12H12BrNO2S2/c1-8-2-3-12(10(14)6-8)18(15,16)7-11-9(13)4-5-17-11/h2-6H,7,14H2,1H3. The number of benzene rings is 1. The second-order valence-electron chi connectivity index (χ2n) is 3.99. The molecule has 2 aromatic rings. The summed E-state index contributed by atoms with van der Waals surface area (Å²) in [5, 5.41) is 1.85. The maximum atomic E-state index is 12.3. The molecule has 0 saturated carbocycles. The van der Waals surface area contributed by atoms with Crippen molar-refractivity contribution in [2.75, 3.05) is 5.73 Å². The van der Waals surface area contributed by atoms with Gasteiger partial charge in [0.25, 0.3) is 0 Å². The van der Waals surface area contributed by atoms with Crippen molar-refractivity contribution < 1.29 is 8.42 Å². The van der Waals surface area contributed by atoms with Gasteiger partial charge in [-0.15, -0.1) is 11.3 Å². The predicted octanol–water partition coefficient (Wildman–Crippen LogP) is 3.38. The highest BCUT2D eigenvalue weighted by molar-refractivity contribution is 9.10. The zero-order valence-electron chi connectivity index (χ0n) is 9.68. The molecule has 3 nitrogen and oxygen atoms in total. The fraction of sp³-hybridized carbons (Fsp3) is 0.167. The maximum Gasteiger partial charge on any atom is 0.185 e. The Hall–Kier alpha value is -0.850. The first-order chi connectivity index (χ1) is 8.40. The molecule has 1 aromatic carbocycles. The highest BCUT2D eigenvalue weighted by atomic mass is 79.9. The van der Waals surface area contributed by atoms with E-state index >= 15 is 0 Å². The van der Waals surface area contributed by atoms with Crippen molar-refractivity contribution in [1.82, 2.24) is 0 Å². The third-order valence-corrected chi connectivity index (χ3v) is 6.33. The fourth-order valence-electron chi connectivity index (χ4n) is 1.63. The zero-order valence-corrected chi connectivity index (χ0v) is 12.9. The number of thiophene rings is 1. The molecule has 0 aliphatic carbocycles. The molecule has 0 saturated heterocycles. The lowest BCUT2D eigenvalue weighted by molar-refractivity contribution is 0.596. The second kappa shape index (κ2) is 5.03. The van der Waals surface area contributed by atoms with E-state index in [-0.39, 0.29) is 10.6 Å². The number of halogens is 1. The normalized spacial score (nSPS) is 11.7. The number of sulfone groups is 1. The topological polar surface area (TPSA) is 60.2 Å². The Morgan fingerprint density at radius 2 is 2.06 bits per heavy atom. The van der Waals surface area contributed by atoms with Crippen molar-refractivity contribution in [2.45, 2.75) is 17.6 Å². The average molecular weight is 346 g/mol. The van der Waals surface area contributed by atoms with E-state index in [4.69, 9.17) is 5.73 Å². The van der Waals surface area contributed by atoms with Gasteiger partial charge in [-0.05, 0) is 52.0 Å². The third-order valence-electron chi connectivity index (χ3n) is 2.51. The van der Waals surface area contributed by atoms with E-state index in [0.717, 1.165) is 14.9 Å². The van der Waals surface area contributed by atoms with Crippen LogP contribution in [-0.2, 0) is 15.6 Å². The second-order valence-corrected chi connectivity index (χ2v) is 7.81. The molecular weight excluding hydrogens is 334 g/mol. The number of aryl methyl sites for hydroxylation is 1. The van der Waals surface area contributed by atoms with Crippen LogP contribution in [0.15, 0.2) is 39.0 Å². The van der Waals surface area contributed by atoms with E-state index in [2.05, 4.69) is 15.9 Å². The number of hydrogen-bond acceptors (Lipinski definition) is 4. The molecule has 0 aliphatic heterocycles. The molecule has 1 heterocycles. The van der Waals surface area contributed by atoms with Gasteiger partial charge in [-0.25, -0.2) is 8.42 Å². The summed E-state index contributed by atoms with van der Waals surface area (Å²) in [5.41, 5.74) is 7.04. The van der Waals surface area contributed by atoms with Crippen LogP contribution in [0.25, 0.3) is 0 Å². The summed E-state index contributed by atoms with van der Waals surface area (Å²) < 4.78 is 25.4. The highest BCUT2D eigenvalue weighted by Crippen LogP contribution is 2.29. The zero-order chi connectivity index (χ0) is 13.3. The lowest BCUT2D eigenvalue weighted by atomic mass is 10.2. The van der Waals surface area contributed by atoms with Crippen molar-refractivity contribution in [3.05, 3.63) is 44.6 Å². The van der Waals surface area contributed by atoms with Gasteiger partial charge in [-0.1, -0.05) is 6.07 Å². The molecule has 0 bridgehead atoms. The van der Waals surface area contributed by atoms with Crippen molar-refractivity contribution in [3.63, 3.8) is 0 Å². The van der Waals surface area contributed by atoms with Gasteiger partial charge in [0.15, 0.2) is 9.84 Å². The van der Waals surface area contributed by atoms with Gasteiger partial charge < -0.3 is 5.73 Å².